The minimum absolute atomic E-state index is 0.793. The Morgan fingerprint density at radius 2 is 2.14 bits per heavy atom. The molecule has 0 spiro atoms. The second-order valence-corrected chi connectivity index (χ2v) is 4.09. The third kappa shape index (κ3) is 2.26. The molecule has 0 radical (unpaired) electrons. The highest BCUT2D eigenvalue weighted by Crippen LogP contribution is 2.15. The van der Waals surface area contributed by atoms with Crippen LogP contribution in [-0.2, 0) is 6.54 Å². The van der Waals surface area contributed by atoms with E-state index in [1.807, 2.05) is 24.3 Å². The fraction of sp³-hybridized carbons (Fsp3) is 0.0909. The van der Waals surface area contributed by atoms with Crippen molar-refractivity contribution in [3.63, 3.8) is 0 Å². The summed E-state index contributed by atoms with van der Waals surface area (Å²) in [5, 5.41) is 5.40. The van der Waals surface area contributed by atoms with Crippen LogP contribution in [0.15, 0.2) is 41.8 Å². The molecule has 2 nitrogen and oxygen atoms in total. The van der Waals surface area contributed by atoms with Crippen molar-refractivity contribution in [2.24, 2.45) is 0 Å². The maximum atomic E-state index is 5.67. The normalized spacial score (nSPS) is 10.0. The van der Waals surface area contributed by atoms with Gasteiger partial charge in [-0.3, -0.25) is 0 Å². The molecule has 0 saturated heterocycles. The lowest BCUT2D eigenvalue weighted by Crippen LogP contribution is -1.97. The van der Waals surface area contributed by atoms with Gasteiger partial charge in [-0.1, -0.05) is 12.1 Å². The lowest BCUT2D eigenvalue weighted by molar-refractivity contribution is 1.19. The number of anilines is 2. The van der Waals surface area contributed by atoms with Crippen LogP contribution in [-0.4, -0.2) is 0 Å². The summed E-state index contributed by atoms with van der Waals surface area (Å²) in [7, 11) is 0. The van der Waals surface area contributed by atoms with Gasteiger partial charge in [0.1, 0.15) is 0 Å². The van der Waals surface area contributed by atoms with Crippen molar-refractivity contribution in [3.05, 3.63) is 46.7 Å². The number of nitrogen functional groups attached to an aromatic ring is 1. The molecule has 0 amide bonds. The molecule has 3 N–H and O–H groups in total. The summed E-state index contributed by atoms with van der Waals surface area (Å²) < 4.78 is 0. The monoisotopic (exact) mass is 204 g/mol. The second-order valence-electron chi connectivity index (χ2n) is 3.06. The van der Waals surface area contributed by atoms with E-state index in [4.69, 9.17) is 5.73 Å². The highest BCUT2D eigenvalue weighted by Gasteiger charge is 1.94. The molecular weight excluding hydrogens is 192 g/mol. The largest absolute Gasteiger partial charge is 0.399 e. The average molecular weight is 204 g/mol. The number of benzene rings is 1. The fourth-order valence-corrected chi connectivity index (χ4v) is 1.90. The van der Waals surface area contributed by atoms with Crippen LogP contribution >= 0.6 is 11.3 Å². The number of nitrogens with one attached hydrogen (secondary N) is 1. The quantitative estimate of drug-likeness (QED) is 0.754. The maximum absolute atomic E-state index is 5.67. The molecule has 0 aliphatic heterocycles. The molecule has 0 aliphatic carbocycles. The van der Waals surface area contributed by atoms with E-state index < -0.39 is 0 Å². The zero-order valence-corrected chi connectivity index (χ0v) is 8.55. The molecule has 0 saturated carbocycles. The molecule has 0 atom stereocenters. The van der Waals surface area contributed by atoms with E-state index >= 15 is 0 Å². The van der Waals surface area contributed by atoms with Crippen LogP contribution in [0.1, 0.15) is 4.88 Å². The van der Waals surface area contributed by atoms with Gasteiger partial charge >= 0.3 is 0 Å². The Morgan fingerprint density at radius 3 is 2.86 bits per heavy atom. The van der Waals surface area contributed by atoms with Crippen LogP contribution in [0.25, 0.3) is 0 Å². The van der Waals surface area contributed by atoms with Gasteiger partial charge in [-0.2, -0.15) is 0 Å². The molecule has 0 aliphatic rings. The van der Waals surface area contributed by atoms with E-state index in [0.29, 0.717) is 0 Å². The van der Waals surface area contributed by atoms with Crippen LogP contribution in [0.4, 0.5) is 11.4 Å². The Balaban J connectivity index is 1.98. The summed E-state index contributed by atoms with van der Waals surface area (Å²) in [5.41, 5.74) is 7.53. The van der Waals surface area contributed by atoms with Crippen molar-refractivity contribution in [1.82, 2.24) is 0 Å². The SMILES string of the molecule is Nc1cccc(NCc2cccs2)c1. The standard InChI is InChI=1S/C11H12N2S/c12-9-3-1-4-10(7-9)13-8-11-5-2-6-14-11/h1-7,13H,8,12H2. The van der Waals surface area contributed by atoms with E-state index in [-0.39, 0.29) is 0 Å². The van der Waals surface area contributed by atoms with Crippen molar-refractivity contribution < 1.29 is 0 Å². The van der Waals surface area contributed by atoms with Crippen molar-refractivity contribution in [1.29, 1.82) is 0 Å². The Morgan fingerprint density at radius 1 is 1.21 bits per heavy atom. The third-order valence-corrected chi connectivity index (χ3v) is 2.81. The Kier molecular flexibility index (Phi) is 2.70. The van der Waals surface area contributed by atoms with Gasteiger partial charge in [0.2, 0.25) is 0 Å². The highest BCUT2D eigenvalue weighted by atomic mass is 32.1. The lowest BCUT2D eigenvalue weighted by Gasteiger charge is -2.04. The molecule has 1 aromatic heterocycles. The minimum Gasteiger partial charge on any atom is -0.399 e. The van der Waals surface area contributed by atoms with Gasteiger partial charge in [-0.15, -0.1) is 11.3 Å². The Labute approximate surface area is 87.4 Å². The number of thiophene rings is 1. The first-order valence-corrected chi connectivity index (χ1v) is 5.34. The summed E-state index contributed by atoms with van der Waals surface area (Å²) >= 11 is 1.75. The molecule has 0 unspecified atom stereocenters. The molecule has 1 aromatic carbocycles. The van der Waals surface area contributed by atoms with Gasteiger partial charge in [0.25, 0.3) is 0 Å². The van der Waals surface area contributed by atoms with E-state index in [9.17, 15) is 0 Å². The van der Waals surface area contributed by atoms with E-state index in [2.05, 4.69) is 22.8 Å². The summed E-state index contributed by atoms with van der Waals surface area (Å²) in [5.74, 6) is 0. The van der Waals surface area contributed by atoms with Gasteiger partial charge in [-0.25, -0.2) is 0 Å². The van der Waals surface area contributed by atoms with Crippen LogP contribution in [0.2, 0.25) is 0 Å². The van der Waals surface area contributed by atoms with Crippen LogP contribution in [0, 0.1) is 0 Å². The Bertz CT molecular complexity index is 395. The van der Waals surface area contributed by atoms with E-state index in [1.165, 1.54) is 4.88 Å². The molecule has 2 aromatic rings. The molecule has 0 bridgehead atoms. The van der Waals surface area contributed by atoms with Crippen molar-refractivity contribution >= 4 is 22.7 Å². The van der Waals surface area contributed by atoms with Gasteiger partial charge in [0.15, 0.2) is 0 Å². The third-order valence-electron chi connectivity index (χ3n) is 1.93. The maximum Gasteiger partial charge on any atom is 0.0494 e. The average Bonchev–Trinajstić information content (AvgIpc) is 2.67. The first kappa shape index (κ1) is 9.09. The number of nitrogens with two attached hydrogens (primary N) is 1. The van der Waals surface area contributed by atoms with Gasteiger partial charge < -0.3 is 11.1 Å². The first-order chi connectivity index (χ1) is 6.84. The molecule has 1 heterocycles. The first-order valence-electron chi connectivity index (χ1n) is 4.46. The van der Waals surface area contributed by atoms with Gasteiger partial charge in [0, 0.05) is 22.8 Å². The van der Waals surface area contributed by atoms with E-state index in [0.717, 1.165) is 17.9 Å². The van der Waals surface area contributed by atoms with Crippen molar-refractivity contribution in [2.45, 2.75) is 6.54 Å². The fourth-order valence-electron chi connectivity index (χ4n) is 1.25. The van der Waals surface area contributed by atoms with Gasteiger partial charge in [0.05, 0.1) is 0 Å². The number of rotatable bonds is 3. The van der Waals surface area contributed by atoms with E-state index in [1.54, 1.807) is 11.3 Å². The zero-order chi connectivity index (χ0) is 9.80. The molecular formula is C11H12N2S. The zero-order valence-electron chi connectivity index (χ0n) is 7.73. The summed E-state index contributed by atoms with van der Waals surface area (Å²) in [6, 6.07) is 12.0. The number of hydrogen-bond donors (Lipinski definition) is 2. The summed E-state index contributed by atoms with van der Waals surface area (Å²) in [6.45, 7) is 0.862. The predicted molar refractivity (Wildman–Crippen MR) is 62.5 cm³/mol. The lowest BCUT2D eigenvalue weighted by atomic mass is 10.3. The van der Waals surface area contributed by atoms with Crippen molar-refractivity contribution in [2.75, 3.05) is 11.1 Å². The van der Waals surface area contributed by atoms with Gasteiger partial charge in [-0.05, 0) is 29.6 Å². The minimum atomic E-state index is 0.793. The topological polar surface area (TPSA) is 38.0 Å². The molecule has 2 rings (SSSR count). The predicted octanol–water partition coefficient (Wildman–Crippen LogP) is 2.94. The summed E-state index contributed by atoms with van der Waals surface area (Å²) in [6.07, 6.45) is 0. The van der Waals surface area contributed by atoms with Crippen molar-refractivity contribution in [3.8, 4) is 0 Å². The van der Waals surface area contributed by atoms with Crippen LogP contribution in [0.5, 0.6) is 0 Å². The van der Waals surface area contributed by atoms with Crippen LogP contribution < -0.4 is 11.1 Å². The van der Waals surface area contributed by atoms with Crippen LogP contribution in [0.3, 0.4) is 0 Å². The molecule has 3 heteroatoms. The Hall–Kier alpha value is -1.48. The highest BCUT2D eigenvalue weighted by molar-refractivity contribution is 7.09. The number of hydrogen-bond acceptors (Lipinski definition) is 3. The molecule has 14 heavy (non-hydrogen) atoms. The second kappa shape index (κ2) is 4.15. The molecule has 0 fully saturated rings. The summed E-state index contributed by atoms with van der Waals surface area (Å²) in [4.78, 5) is 1.33. The smallest absolute Gasteiger partial charge is 0.0494 e. The molecule has 72 valence electrons.